The number of halogens is 1. The number of anilines is 1. The lowest BCUT2D eigenvalue weighted by Gasteiger charge is -2.33. The molecule has 1 aromatic carbocycles. The first kappa shape index (κ1) is 15.8. The Morgan fingerprint density at radius 1 is 1.24 bits per heavy atom. The van der Waals surface area contributed by atoms with Crippen LogP contribution in [0, 0.1) is 6.92 Å². The van der Waals surface area contributed by atoms with Gasteiger partial charge in [-0.1, -0.05) is 11.6 Å². The van der Waals surface area contributed by atoms with Gasteiger partial charge in [-0.15, -0.1) is 0 Å². The number of nitrogens with one attached hydrogen (secondary N) is 1. The number of carbonyl (C=O) groups excluding carboxylic acids is 2. The Labute approximate surface area is 129 Å². The molecule has 21 heavy (non-hydrogen) atoms. The lowest BCUT2D eigenvalue weighted by Crippen LogP contribution is -2.49. The maximum atomic E-state index is 12.1. The van der Waals surface area contributed by atoms with Crippen molar-refractivity contribution in [3.63, 3.8) is 0 Å². The Morgan fingerprint density at radius 2 is 1.90 bits per heavy atom. The summed E-state index contributed by atoms with van der Waals surface area (Å²) >= 11 is 5.90. The molecule has 5 nitrogen and oxygen atoms in total. The standard InChI is InChI=1S/C15H20ClN3O2/c1-11-9-13(16)3-4-14(11)17-15(21)10-18-5-7-19(8-6-18)12(2)20/h3-4,9H,5-8,10H2,1-2H3,(H,17,21). The van der Waals surface area contributed by atoms with Gasteiger partial charge in [0.15, 0.2) is 0 Å². The summed E-state index contributed by atoms with van der Waals surface area (Å²) in [7, 11) is 0. The van der Waals surface area contributed by atoms with Crippen LogP contribution in [0.15, 0.2) is 18.2 Å². The van der Waals surface area contributed by atoms with Gasteiger partial charge in [-0.05, 0) is 30.7 Å². The van der Waals surface area contributed by atoms with E-state index in [1.807, 2.05) is 19.1 Å². The van der Waals surface area contributed by atoms with Crippen molar-refractivity contribution < 1.29 is 9.59 Å². The second-order valence-corrected chi connectivity index (χ2v) is 5.73. The molecular weight excluding hydrogens is 290 g/mol. The highest BCUT2D eigenvalue weighted by Crippen LogP contribution is 2.19. The van der Waals surface area contributed by atoms with Crippen LogP contribution in [0.3, 0.4) is 0 Å². The third-order valence-electron chi connectivity index (χ3n) is 3.65. The minimum atomic E-state index is -0.0447. The number of nitrogens with zero attached hydrogens (tertiary/aromatic N) is 2. The molecule has 0 aliphatic carbocycles. The summed E-state index contributed by atoms with van der Waals surface area (Å²) in [5, 5.41) is 3.56. The van der Waals surface area contributed by atoms with E-state index in [1.165, 1.54) is 0 Å². The average Bonchev–Trinajstić information content (AvgIpc) is 2.42. The van der Waals surface area contributed by atoms with Gasteiger partial charge in [0.05, 0.1) is 6.54 Å². The van der Waals surface area contributed by atoms with Crippen molar-refractivity contribution in [2.24, 2.45) is 0 Å². The van der Waals surface area contributed by atoms with E-state index in [2.05, 4.69) is 10.2 Å². The van der Waals surface area contributed by atoms with Gasteiger partial charge in [0.1, 0.15) is 0 Å². The Hall–Kier alpha value is -1.59. The molecular formula is C15H20ClN3O2. The van der Waals surface area contributed by atoms with Gasteiger partial charge in [0.2, 0.25) is 11.8 Å². The second-order valence-electron chi connectivity index (χ2n) is 5.29. The second kappa shape index (κ2) is 6.91. The van der Waals surface area contributed by atoms with Gasteiger partial charge in [-0.25, -0.2) is 0 Å². The first-order chi connectivity index (χ1) is 9.95. The van der Waals surface area contributed by atoms with Crippen LogP contribution in [0.2, 0.25) is 5.02 Å². The topological polar surface area (TPSA) is 52.7 Å². The molecule has 114 valence electrons. The van der Waals surface area contributed by atoms with Crippen LogP contribution in [0.25, 0.3) is 0 Å². The number of aryl methyl sites for hydroxylation is 1. The average molecular weight is 310 g/mol. The lowest BCUT2D eigenvalue weighted by atomic mass is 10.2. The van der Waals surface area contributed by atoms with Crippen LogP contribution >= 0.6 is 11.6 Å². The van der Waals surface area contributed by atoms with Crippen LogP contribution in [-0.2, 0) is 9.59 Å². The molecule has 1 heterocycles. The summed E-state index contributed by atoms with van der Waals surface area (Å²) < 4.78 is 0. The number of rotatable bonds is 3. The number of amides is 2. The number of benzene rings is 1. The largest absolute Gasteiger partial charge is 0.340 e. The zero-order chi connectivity index (χ0) is 15.4. The van der Waals surface area contributed by atoms with Crippen molar-refractivity contribution in [3.8, 4) is 0 Å². The van der Waals surface area contributed by atoms with Crippen LogP contribution in [0.1, 0.15) is 12.5 Å². The summed E-state index contributed by atoms with van der Waals surface area (Å²) in [6.07, 6.45) is 0. The molecule has 6 heteroatoms. The van der Waals surface area contributed by atoms with Crippen molar-refractivity contribution in [2.75, 3.05) is 38.0 Å². The minimum Gasteiger partial charge on any atom is -0.340 e. The molecule has 1 aromatic rings. The van der Waals surface area contributed by atoms with Gasteiger partial charge >= 0.3 is 0 Å². The number of piperazine rings is 1. The fourth-order valence-electron chi connectivity index (χ4n) is 2.38. The molecule has 1 aliphatic heterocycles. The maximum absolute atomic E-state index is 12.1. The monoisotopic (exact) mass is 309 g/mol. The van der Waals surface area contributed by atoms with Gasteiger partial charge in [0, 0.05) is 43.8 Å². The molecule has 2 rings (SSSR count). The van der Waals surface area contributed by atoms with Crippen molar-refractivity contribution in [2.45, 2.75) is 13.8 Å². The molecule has 1 saturated heterocycles. The van der Waals surface area contributed by atoms with E-state index < -0.39 is 0 Å². The van der Waals surface area contributed by atoms with Crippen molar-refractivity contribution in [1.82, 2.24) is 9.80 Å². The summed E-state index contributed by atoms with van der Waals surface area (Å²) in [6.45, 7) is 6.65. The van der Waals surface area contributed by atoms with Crippen LogP contribution < -0.4 is 5.32 Å². The van der Waals surface area contributed by atoms with E-state index in [-0.39, 0.29) is 11.8 Å². The highest BCUT2D eigenvalue weighted by atomic mass is 35.5. The van der Waals surface area contributed by atoms with Crippen molar-refractivity contribution >= 4 is 29.1 Å². The molecule has 0 aromatic heterocycles. The normalized spacial score (nSPS) is 15.9. The Bertz CT molecular complexity index is 540. The third-order valence-corrected chi connectivity index (χ3v) is 3.88. The van der Waals surface area contributed by atoms with E-state index in [1.54, 1.807) is 17.9 Å². The predicted molar refractivity (Wildman–Crippen MR) is 83.5 cm³/mol. The van der Waals surface area contributed by atoms with E-state index >= 15 is 0 Å². The highest BCUT2D eigenvalue weighted by Gasteiger charge is 2.20. The Kier molecular flexibility index (Phi) is 5.20. The van der Waals surface area contributed by atoms with E-state index in [0.717, 1.165) is 24.3 Å². The smallest absolute Gasteiger partial charge is 0.238 e. The molecule has 0 saturated carbocycles. The summed E-state index contributed by atoms with van der Waals surface area (Å²) in [5.74, 6) is 0.0487. The molecule has 1 aliphatic rings. The molecule has 0 unspecified atom stereocenters. The Balaban J connectivity index is 1.84. The lowest BCUT2D eigenvalue weighted by molar-refractivity contribution is -0.130. The number of hydrogen-bond acceptors (Lipinski definition) is 3. The van der Waals surface area contributed by atoms with E-state index in [9.17, 15) is 9.59 Å². The van der Waals surface area contributed by atoms with Crippen LogP contribution in [-0.4, -0.2) is 54.3 Å². The van der Waals surface area contributed by atoms with Crippen molar-refractivity contribution in [1.29, 1.82) is 0 Å². The fourth-order valence-corrected chi connectivity index (χ4v) is 2.61. The summed E-state index contributed by atoms with van der Waals surface area (Å²) in [6, 6.07) is 5.39. The predicted octanol–water partition coefficient (Wildman–Crippen LogP) is 1.75. The highest BCUT2D eigenvalue weighted by molar-refractivity contribution is 6.30. The maximum Gasteiger partial charge on any atom is 0.238 e. The fraction of sp³-hybridized carbons (Fsp3) is 0.467. The molecule has 0 atom stereocenters. The first-order valence-electron chi connectivity index (χ1n) is 6.99. The summed E-state index contributed by atoms with van der Waals surface area (Å²) in [5.41, 5.74) is 1.73. The van der Waals surface area contributed by atoms with E-state index in [4.69, 9.17) is 11.6 Å². The molecule has 0 spiro atoms. The number of carbonyl (C=O) groups is 2. The van der Waals surface area contributed by atoms with Gasteiger partial charge in [-0.3, -0.25) is 14.5 Å². The first-order valence-corrected chi connectivity index (χ1v) is 7.37. The number of hydrogen-bond donors (Lipinski definition) is 1. The zero-order valence-electron chi connectivity index (χ0n) is 12.4. The van der Waals surface area contributed by atoms with E-state index in [0.29, 0.717) is 24.7 Å². The third kappa shape index (κ3) is 4.44. The van der Waals surface area contributed by atoms with Gasteiger partial charge in [0.25, 0.3) is 0 Å². The van der Waals surface area contributed by atoms with Crippen LogP contribution in [0.5, 0.6) is 0 Å². The molecule has 2 amide bonds. The van der Waals surface area contributed by atoms with Crippen molar-refractivity contribution in [3.05, 3.63) is 28.8 Å². The van der Waals surface area contributed by atoms with Crippen LogP contribution in [0.4, 0.5) is 5.69 Å². The quantitative estimate of drug-likeness (QED) is 0.925. The molecule has 1 fully saturated rings. The van der Waals surface area contributed by atoms with Gasteiger partial charge < -0.3 is 10.2 Å². The zero-order valence-corrected chi connectivity index (χ0v) is 13.1. The molecule has 1 N–H and O–H groups in total. The van der Waals surface area contributed by atoms with Gasteiger partial charge in [-0.2, -0.15) is 0 Å². The molecule has 0 radical (unpaired) electrons. The minimum absolute atomic E-state index is 0.0447. The SMILES string of the molecule is CC(=O)N1CCN(CC(=O)Nc2ccc(Cl)cc2C)CC1. The Morgan fingerprint density at radius 3 is 2.48 bits per heavy atom. The molecule has 0 bridgehead atoms. The summed E-state index contributed by atoms with van der Waals surface area (Å²) in [4.78, 5) is 27.2.